The summed E-state index contributed by atoms with van der Waals surface area (Å²) in [5, 5.41) is 3.55. The highest BCUT2D eigenvalue weighted by Gasteiger charge is 2.25. The van der Waals surface area contributed by atoms with Crippen LogP contribution in [-0.4, -0.2) is 12.1 Å². The summed E-state index contributed by atoms with van der Waals surface area (Å²) in [6.07, 6.45) is 7.85. The van der Waals surface area contributed by atoms with Crippen LogP contribution in [0.3, 0.4) is 0 Å². The topological polar surface area (TPSA) is 12.0 Å². The molecule has 0 spiro atoms. The van der Waals surface area contributed by atoms with Crippen LogP contribution in [0, 0.1) is 17.8 Å². The van der Waals surface area contributed by atoms with Crippen molar-refractivity contribution in [3.8, 4) is 0 Å². The van der Waals surface area contributed by atoms with Crippen LogP contribution in [0.15, 0.2) is 11.6 Å². The van der Waals surface area contributed by atoms with Gasteiger partial charge in [0.1, 0.15) is 0 Å². The van der Waals surface area contributed by atoms with E-state index in [0.717, 1.165) is 24.3 Å². The average molecular weight is 251 g/mol. The van der Waals surface area contributed by atoms with Crippen LogP contribution >= 0.6 is 0 Å². The highest BCUT2D eigenvalue weighted by atomic mass is 14.9. The van der Waals surface area contributed by atoms with Crippen molar-refractivity contribution in [1.82, 2.24) is 5.32 Å². The summed E-state index contributed by atoms with van der Waals surface area (Å²) in [6.45, 7) is 15.0. The monoisotopic (exact) mass is 251 g/mol. The first kappa shape index (κ1) is 15.8. The normalized spacial score (nSPS) is 30.6. The van der Waals surface area contributed by atoms with E-state index >= 15 is 0 Å². The molecule has 0 aromatic heterocycles. The number of nitrogens with one attached hydrogen (secondary N) is 1. The largest absolute Gasteiger partial charge is 0.312 e. The summed E-state index contributed by atoms with van der Waals surface area (Å²) >= 11 is 0. The summed E-state index contributed by atoms with van der Waals surface area (Å²) in [5.74, 6) is 2.68. The molecule has 0 saturated heterocycles. The van der Waals surface area contributed by atoms with E-state index < -0.39 is 0 Å². The summed E-state index contributed by atoms with van der Waals surface area (Å²) in [4.78, 5) is 0. The van der Waals surface area contributed by atoms with Crippen LogP contribution in [0.4, 0.5) is 0 Å². The van der Waals surface area contributed by atoms with Gasteiger partial charge in [-0.15, -0.1) is 0 Å². The summed E-state index contributed by atoms with van der Waals surface area (Å²) < 4.78 is 0. The Morgan fingerprint density at radius 3 is 2.39 bits per heavy atom. The van der Waals surface area contributed by atoms with E-state index in [1.165, 1.54) is 25.7 Å². The van der Waals surface area contributed by atoms with E-state index in [-0.39, 0.29) is 5.54 Å². The molecule has 0 aromatic carbocycles. The summed E-state index contributed by atoms with van der Waals surface area (Å²) in [5.41, 5.74) is 1.88. The number of hydrogen-bond acceptors (Lipinski definition) is 1. The van der Waals surface area contributed by atoms with Crippen molar-refractivity contribution in [3.05, 3.63) is 11.6 Å². The molecule has 0 radical (unpaired) electrons. The molecule has 0 amide bonds. The molecular weight excluding hydrogens is 218 g/mol. The molecule has 3 unspecified atom stereocenters. The first-order valence-electron chi connectivity index (χ1n) is 7.71. The van der Waals surface area contributed by atoms with Gasteiger partial charge in [0.15, 0.2) is 0 Å². The standard InChI is InChI=1S/C17H33N/c1-13-9-10-16(12-15(13)3)14(2)8-7-11-18-17(4,5)6/h8,13,15-16,18H,7,9-12H2,1-6H3. The van der Waals surface area contributed by atoms with Crippen LogP contribution in [-0.2, 0) is 0 Å². The van der Waals surface area contributed by atoms with E-state index in [2.05, 4.69) is 52.9 Å². The fourth-order valence-electron chi connectivity index (χ4n) is 2.87. The van der Waals surface area contributed by atoms with E-state index in [1.807, 2.05) is 0 Å². The lowest BCUT2D eigenvalue weighted by molar-refractivity contribution is 0.229. The van der Waals surface area contributed by atoms with E-state index in [0.29, 0.717) is 0 Å². The molecule has 0 bridgehead atoms. The molecule has 0 aliphatic heterocycles. The number of allylic oxidation sites excluding steroid dienone is 1. The van der Waals surface area contributed by atoms with Crippen LogP contribution in [0.5, 0.6) is 0 Å². The molecule has 1 fully saturated rings. The second-order valence-corrected chi connectivity index (χ2v) is 7.38. The molecule has 1 nitrogen and oxygen atoms in total. The Morgan fingerprint density at radius 2 is 1.83 bits per heavy atom. The maximum atomic E-state index is 3.55. The minimum absolute atomic E-state index is 0.247. The zero-order valence-electron chi connectivity index (χ0n) is 13.3. The third-order valence-electron chi connectivity index (χ3n) is 4.51. The van der Waals surface area contributed by atoms with Gasteiger partial charge in [-0.2, -0.15) is 0 Å². The predicted molar refractivity (Wildman–Crippen MR) is 81.8 cm³/mol. The fourth-order valence-corrected chi connectivity index (χ4v) is 2.87. The zero-order valence-corrected chi connectivity index (χ0v) is 13.3. The van der Waals surface area contributed by atoms with Gasteiger partial charge in [-0.05, 0) is 77.7 Å². The van der Waals surface area contributed by atoms with Crippen LogP contribution in [0.2, 0.25) is 0 Å². The first-order valence-corrected chi connectivity index (χ1v) is 7.71. The van der Waals surface area contributed by atoms with Crippen molar-refractivity contribution < 1.29 is 0 Å². The van der Waals surface area contributed by atoms with E-state index in [4.69, 9.17) is 0 Å². The van der Waals surface area contributed by atoms with Crippen LogP contribution in [0.25, 0.3) is 0 Å². The third-order valence-corrected chi connectivity index (χ3v) is 4.51. The predicted octanol–water partition coefficient (Wildman–Crippen LogP) is 4.78. The van der Waals surface area contributed by atoms with E-state index in [9.17, 15) is 0 Å². The van der Waals surface area contributed by atoms with Gasteiger partial charge in [0.25, 0.3) is 0 Å². The van der Waals surface area contributed by atoms with Gasteiger partial charge in [-0.25, -0.2) is 0 Å². The SMILES string of the molecule is CC(=CCCNC(C)(C)C)C1CCC(C)C(C)C1. The van der Waals surface area contributed by atoms with Crippen molar-refractivity contribution in [1.29, 1.82) is 0 Å². The van der Waals surface area contributed by atoms with Crippen molar-refractivity contribution in [2.24, 2.45) is 17.8 Å². The lowest BCUT2D eigenvalue weighted by atomic mass is 9.73. The van der Waals surface area contributed by atoms with Gasteiger partial charge >= 0.3 is 0 Å². The Hall–Kier alpha value is -0.300. The van der Waals surface area contributed by atoms with Crippen LogP contribution < -0.4 is 5.32 Å². The molecule has 1 heteroatoms. The molecule has 18 heavy (non-hydrogen) atoms. The molecule has 1 saturated carbocycles. The van der Waals surface area contributed by atoms with Gasteiger partial charge in [0, 0.05) is 5.54 Å². The van der Waals surface area contributed by atoms with Gasteiger partial charge in [-0.3, -0.25) is 0 Å². The molecule has 1 N–H and O–H groups in total. The fraction of sp³-hybridized carbons (Fsp3) is 0.882. The average Bonchev–Trinajstić information content (AvgIpc) is 2.26. The molecule has 0 aromatic rings. The van der Waals surface area contributed by atoms with Crippen LogP contribution in [0.1, 0.15) is 67.2 Å². The highest BCUT2D eigenvalue weighted by Crippen LogP contribution is 2.36. The number of rotatable bonds is 4. The Morgan fingerprint density at radius 1 is 1.17 bits per heavy atom. The summed E-state index contributed by atoms with van der Waals surface area (Å²) in [6, 6.07) is 0. The van der Waals surface area contributed by atoms with E-state index in [1.54, 1.807) is 5.57 Å². The first-order chi connectivity index (χ1) is 8.29. The van der Waals surface area contributed by atoms with Gasteiger partial charge in [0.05, 0.1) is 0 Å². The van der Waals surface area contributed by atoms with Gasteiger partial charge in [-0.1, -0.05) is 25.5 Å². The Balaban J connectivity index is 2.33. The second kappa shape index (κ2) is 6.75. The Bertz CT molecular complexity index is 272. The third kappa shape index (κ3) is 5.56. The van der Waals surface area contributed by atoms with Gasteiger partial charge in [0.2, 0.25) is 0 Å². The number of hydrogen-bond donors (Lipinski definition) is 1. The van der Waals surface area contributed by atoms with Crippen molar-refractivity contribution in [3.63, 3.8) is 0 Å². The van der Waals surface area contributed by atoms with Gasteiger partial charge < -0.3 is 5.32 Å². The second-order valence-electron chi connectivity index (χ2n) is 7.38. The maximum absolute atomic E-state index is 3.55. The molecule has 1 aliphatic carbocycles. The highest BCUT2D eigenvalue weighted by molar-refractivity contribution is 5.05. The molecule has 0 heterocycles. The minimum Gasteiger partial charge on any atom is -0.312 e. The molecule has 1 aliphatic rings. The smallest absolute Gasteiger partial charge is 0.00966 e. The van der Waals surface area contributed by atoms with Crippen molar-refractivity contribution in [2.75, 3.05) is 6.54 Å². The minimum atomic E-state index is 0.247. The van der Waals surface area contributed by atoms with Crippen molar-refractivity contribution >= 4 is 0 Å². The quantitative estimate of drug-likeness (QED) is 0.560. The Kier molecular flexibility index (Phi) is 5.91. The molecule has 106 valence electrons. The summed E-state index contributed by atoms with van der Waals surface area (Å²) in [7, 11) is 0. The lowest BCUT2D eigenvalue weighted by Crippen LogP contribution is -2.36. The zero-order chi connectivity index (χ0) is 13.8. The Labute approximate surface area is 114 Å². The maximum Gasteiger partial charge on any atom is 0.00966 e. The lowest BCUT2D eigenvalue weighted by Gasteiger charge is -2.32. The van der Waals surface area contributed by atoms with Crippen molar-refractivity contribution in [2.45, 2.75) is 72.8 Å². The molecule has 3 atom stereocenters. The molecule has 1 rings (SSSR count). The molecular formula is C17H33N.